The molecule has 25 heavy (non-hydrogen) atoms. The minimum Gasteiger partial charge on any atom is -0.446 e. The highest BCUT2D eigenvalue weighted by Gasteiger charge is 2.24. The normalized spacial score (nSPS) is 15.9. The van der Waals surface area contributed by atoms with Crippen molar-refractivity contribution in [3.63, 3.8) is 0 Å². The Hall–Kier alpha value is -2.02. The van der Waals surface area contributed by atoms with Crippen LogP contribution in [0.15, 0.2) is 31.6 Å². The van der Waals surface area contributed by atoms with Crippen LogP contribution >= 0.6 is 0 Å². The van der Waals surface area contributed by atoms with E-state index in [0.29, 0.717) is 30.0 Å². The van der Waals surface area contributed by atoms with Crippen LogP contribution in [0.25, 0.3) is 0 Å². The van der Waals surface area contributed by atoms with Gasteiger partial charge in [-0.15, -0.1) is 0 Å². The Balaban J connectivity index is 1.82. The molecule has 2 N–H and O–H groups in total. The number of nitrogens with one attached hydrogen (secondary N) is 1. The molecule has 0 spiro atoms. The third-order valence-electron chi connectivity index (χ3n) is 3.75. The lowest BCUT2D eigenvalue weighted by atomic mass is 10.1. The van der Waals surface area contributed by atoms with Crippen molar-refractivity contribution in [1.82, 2.24) is 14.9 Å². The van der Waals surface area contributed by atoms with Gasteiger partial charge in [-0.1, -0.05) is 0 Å². The zero-order valence-electron chi connectivity index (χ0n) is 13.1. The molecule has 12 heteroatoms. The molecular weight excluding hydrogens is 374 g/mol. The maximum atomic E-state index is 12.1. The number of hydrogen-bond donors (Lipinski definition) is 2. The quantitative estimate of drug-likeness (QED) is 0.524. The molecule has 0 aliphatic carbocycles. The zero-order chi connectivity index (χ0) is 18.4. The second-order valence-corrected chi connectivity index (χ2v) is 9.01. The van der Waals surface area contributed by atoms with E-state index in [0.717, 1.165) is 12.3 Å². The number of sulfone groups is 1. The summed E-state index contributed by atoms with van der Waals surface area (Å²) in [6.45, 7) is 0.917. The van der Waals surface area contributed by atoms with Crippen LogP contribution in [0.2, 0.25) is 0 Å². The molecule has 0 saturated carbocycles. The minimum absolute atomic E-state index is 0.212. The molecule has 0 unspecified atom stereocenters. The van der Waals surface area contributed by atoms with Crippen molar-refractivity contribution >= 4 is 20.0 Å². The van der Waals surface area contributed by atoms with E-state index in [1.165, 1.54) is 6.07 Å². The molecule has 0 atom stereocenters. The Labute approximate surface area is 143 Å². The lowest BCUT2D eigenvalue weighted by Crippen LogP contribution is -2.36. The first kappa shape index (κ1) is 17.8. The molecule has 10 nitrogen and oxygen atoms in total. The van der Waals surface area contributed by atoms with Gasteiger partial charge >= 0.3 is 10.1 Å². The fraction of sp³-hybridized carbons (Fsp3) is 0.385. The first-order chi connectivity index (χ1) is 11.5. The summed E-state index contributed by atoms with van der Waals surface area (Å²) in [7, 11) is -8.01. The molecule has 136 valence electrons. The molecule has 1 aliphatic rings. The molecule has 3 rings (SSSR count). The predicted octanol–water partition coefficient (Wildman–Crippen LogP) is -0.429. The number of rotatable bonds is 4. The largest absolute Gasteiger partial charge is 0.446 e. The second-order valence-electron chi connectivity index (χ2n) is 5.72. The summed E-state index contributed by atoms with van der Waals surface area (Å²) < 4.78 is 59.1. The molecule has 0 saturated heterocycles. The third-order valence-corrected chi connectivity index (χ3v) is 5.37. The van der Waals surface area contributed by atoms with Crippen LogP contribution < -0.4 is 5.56 Å². The fourth-order valence-electron chi connectivity index (χ4n) is 2.57. The highest BCUT2D eigenvalue weighted by molar-refractivity contribution is 7.90. The summed E-state index contributed by atoms with van der Waals surface area (Å²) in [4.78, 5) is 20.3. The van der Waals surface area contributed by atoms with Crippen LogP contribution in [0.3, 0.4) is 0 Å². The van der Waals surface area contributed by atoms with E-state index in [9.17, 15) is 21.6 Å². The van der Waals surface area contributed by atoms with Gasteiger partial charge in [-0.05, 0) is 12.1 Å². The number of nitrogens with zero attached hydrogens (tertiary/aromatic N) is 2. The van der Waals surface area contributed by atoms with E-state index in [-0.39, 0.29) is 18.2 Å². The van der Waals surface area contributed by atoms with Gasteiger partial charge in [-0.25, -0.2) is 13.4 Å². The lowest BCUT2D eigenvalue weighted by Gasteiger charge is -2.26. The van der Waals surface area contributed by atoms with Gasteiger partial charge in [-0.3, -0.25) is 19.2 Å². The Bertz CT molecular complexity index is 1080. The van der Waals surface area contributed by atoms with Crippen LogP contribution in [0.5, 0.6) is 0 Å². The van der Waals surface area contributed by atoms with E-state index in [2.05, 4.69) is 9.97 Å². The van der Waals surface area contributed by atoms with Crippen molar-refractivity contribution in [2.75, 3.05) is 12.8 Å². The fourth-order valence-corrected chi connectivity index (χ4v) is 3.58. The molecule has 2 aromatic rings. The number of fused-ring (bicyclic) bond motifs is 1. The van der Waals surface area contributed by atoms with E-state index < -0.39 is 30.6 Å². The van der Waals surface area contributed by atoms with Gasteiger partial charge in [0.2, 0.25) is 20.1 Å². The van der Waals surface area contributed by atoms with Crippen LogP contribution in [-0.2, 0) is 39.5 Å². The molecule has 0 amide bonds. The van der Waals surface area contributed by atoms with Crippen molar-refractivity contribution in [3.8, 4) is 0 Å². The Morgan fingerprint density at radius 1 is 1.32 bits per heavy atom. The molecule has 0 fully saturated rings. The van der Waals surface area contributed by atoms with Gasteiger partial charge in [0.25, 0.3) is 5.56 Å². The summed E-state index contributed by atoms with van der Waals surface area (Å²) in [6.07, 6.45) is 1.34. The van der Waals surface area contributed by atoms with E-state index in [1.54, 1.807) is 0 Å². The van der Waals surface area contributed by atoms with Crippen molar-refractivity contribution in [2.24, 2.45) is 0 Å². The topological polar surface area (TPSA) is 151 Å². The van der Waals surface area contributed by atoms with Crippen LogP contribution in [-0.4, -0.2) is 49.1 Å². The summed E-state index contributed by atoms with van der Waals surface area (Å²) in [5, 5.41) is -0.897. The first-order valence-electron chi connectivity index (χ1n) is 7.15. The number of furan rings is 1. The molecule has 0 bridgehead atoms. The maximum absolute atomic E-state index is 12.1. The number of hydrogen-bond acceptors (Lipinski definition) is 8. The zero-order valence-corrected chi connectivity index (χ0v) is 14.7. The van der Waals surface area contributed by atoms with Gasteiger partial charge in [0.05, 0.1) is 17.8 Å². The summed E-state index contributed by atoms with van der Waals surface area (Å²) in [5.41, 5.74) is 0.270. The van der Waals surface area contributed by atoms with E-state index in [4.69, 9.17) is 8.97 Å². The number of aromatic amines is 1. The predicted molar refractivity (Wildman–Crippen MR) is 84.3 cm³/mol. The Kier molecular flexibility index (Phi) is 4.31. The molecule has 0 radical (unpaired) electrons. The number of aromatic nitrogens is 2. The van der Waals surface area contributed by atoms with Gasteiger partial charge in [-0.2, -0.15) is 8.42 Å². The molecule has 2 aromatic heterocycles. The minimum atomic E-state index is -4.40. The highest BCUT2D eigenvalue weighted by atomic mass is 32.2. The molecule has 3 heterocycles. The maximum Gasteiger partial charge on any atom is 0.328 e. The summed E-state index contributed by atoms with van der Waals surface area (Å²) >= 11 is 0. The van der Waals surface area contributed by atoms with Crippen molar-refractivity contribution in [2.45, 2.75) is 29.8 Å². The smallest absolute Gasteiger partial charge is 0.328 e. The van der Waals surface area contributed by atoms with Gasteiger partial charge < -0.3 is 4.42 Å². The van der Waals surface area contributed by atoms with Gasteiger partial charge in [0.1, 0.15) is 5.76 Å². The van der Waals surface area contributed by atoms with Crippen molar-refractivity contribution < 1.29 is 25.8 Å². The summed E-state index contributed by atoms with van der Waals surface area (Å²) in [6, 6.07) is 2.57. The van der Waals surface area contributed by atoms with Crippen LogP contribution in [0.4, 0.5) is 0 Å². The van der Waals surface area contributed by atoms with Crippen molar-refractivity contribution in [3.05, 3.63) is 39.5 Å². The number of H-pyrrole nitrogens is 1. The molecule has 0 aromatic carbocycles. The highest BCUT2D eigenvalue weighted by Crippen LogP contribution is 2.20. The monoisotopic (exact) mass is 389 g/mol. The van der Waals surface area contributed by atoms with E-state index in [1.807, 2.05) is 4.90 Å². The van der Waals surface area contributed by atoms with Gasteiger partial charge in [0.15, 0.2) is 0 Å². The first-order valence-corrected chi connectivity index (χ1v) is 10.5. The Morgan fingerprint density at radius 3 is 2.64 bits per heavy atom. The third kappa shape index (κ3) is 3.81. The molecule has 1 aliphatic heterocycles. The van der Waals surface area contributed by atoms with Crippen LogP contribution in [0.1, 0.15) is 17.0 Å². The van der Waals surface area contributed by atoms with Gasteiger partial charge in [0, 0.05) is 25.8 Å². The Morgan fingerprint density at radius 2 is 2.04 bits per heavy atom. The average Bonchev–Trinajstić information content (AvgIpc) is 2.95. The average molecular weight is 389 g/mol. The summed E-state index contributed by atoms with van der Waals surface area (Å²) in [5.74, 6) is 0.313. The van der Waals surface area contributed by atoms with Crippen LogP contribution in [0, 0.1) is 0 Å². The second kappa shape index (κ2) is 6.05. The van der Waals surface area contributed by atoms with E-state index >= 15 is 0 Å². The SMILES string of the molecule is CS(=O)(=O)c1nc2c(c(=O)[nH]1)CN(Cc1ccc(S(=O)(=O)O)o1)CC2. The molecular formula is C13H15N3O7S2. The van der Waals surface area contributed by atoms with Crippen molar-refractivity contribution in [1.29, 1.82) is 0 Å². The lowest BCUT2D eigenvalue weighted by molar-refractivity contribution is 0.215. The standard InChI is InChI=1S/C13H15N3O7S2/c1-24(18,19)13-14-10-4-5-16(7-9(10)12(17)15-13)6-8-2-3-11(23-8)25(20,21)22/h2-3H,4-7H2,1H3,(H,14,15,17)(H,20,21,22).